The minimum atomic E-state index is 0.627. The average molecular weight is 236 g/mol. The first-order valence-electron chi connectivity index (χ1n) is 5.53. The normalized spacial score (nSPS) is 16.5. The molecule has 1 fully saturated rings. The molecule has 0 saturated carbocycles. The minimum absolute atomic E-state index is 0.627. The predicted molar refractivity (Wildman–Crippen MR) is 63.0 cm³/mol. The number of fused-ring (bicyclic) bond motifs is 1. The van der Waals surface area contributed by atoms with E-state index in [9.17, 15) is 0 Å². The number of hydrogen-bond donors (Lipinski definition) is 1. The van der Waals surface area contributed by atoms with Crippen LogP contribution < -0.4 is 0 Å². The molecule has 0 radical (unpaired) electrons. The number of aromatic nitrogens is 3. The zero-order valence-electron chi connectivity index (χ0n) is 9.78. The Bertz CT molecular complexity index is 465. The molecule has 0 atom stereocenters. The molecule has 0 amide bonds. The van der Waals surface area contributed by atoms with Crippen molar-refractivity contribution in [3.05, 3.63) is 24.3 Å². The number of nitrogens with zero attached hydrogens (tertiary/aromatic N) is 4. The Kier molecular flexibility index (Phi) is 3.89. The van der Waals surface area contributed by atoms with Crippen LogP contribution >= 0.6 is 0 Å². The van der Waals surface area contributed by atoms with Gasteiger partial charge in [-0.2, -0.15) is 0 Å². The van der Waals surface area contributed by atoms with E-state index in [0.717, 1.165) is 31.1 Å². The second-order valence-electron chi connectivity index (χ2n) is 3.88. The number of likely N-dealkylation sites (N-methyl/N-ethyl adjacent to an activating group) is 1. The Morgan fingerprint density at radius 3 is 2.53 bits per heavy atom. The molecule has 3 rings (SSSR count). The highest BCUT2D eigenvalue weighted by molar-refractivity contribution is 5.73. The Labute approximate surface area is 99.4 Å². The lowest BCUT2D eigenvalue weighted by Crippen LogP contribution is -2.32. The average Bonchev–Trinajstić information content (AvgIpc) is 2.74. The van der Waals surface area contributed by atoms with Gasteiger partial charge in [-0.25, -0.2) is 0 Å². The molecule has 92 valence electrons. The maximum Gasteiger partial charge on any atom is 0.130 e. The highest BCUT2D eigenvalue weighted by atomic mass is 16.5. The molecule has 2 heterocycles. The topological polar surface area (TPSA) is 63.4 Å². The van der Waals surface area contributed by atoms with Gasteiger partial charge in [-0.15, -0.1) is 5.10 Å². The van der Waals surface area contributed by atoms with E-state index in [1.807, 2.05) is 12.1 Å². The third-order valence-corrected chi connectivity index (χ3v) is 2.57. The van der Waals surface area contributed by atoms with Gasteiger partial charge in [0.2, 0.25) is 0 Å². The van der Waals surface area contributed by atoms with Crippen molar-refractivity contribution in [1.82, 2.24) is 20.1 Å². The van der Waals surface area contributed by atoms with Crippen LogP contribution in [0.4, 0.5) is 0 Å². The van der Waals surface area contributed by atoms with Crippen molar-refractivity contribution in [3.63, 3.8) is 0 Å². The Balaban J connectivity index is 0.000000136. The van der Waals surface area contributed by atoms with Crippen LogP contribution in [0.1, 0.15) is 0 Å². The highest BCUT2D eigenvalue weighted by Crippen LogP contribution is 2.06. The van der Waals surface area contributed by atoms with Crippen LogP contribution in [0.25, 0.3) is 11.0 Å². The molecular weight excluding hydrogens is 220 g/mol. The van der Waals surface area contributed by atoms with Crippen LogP contribution in [0.3, 0.4) is 0 Å². The number of benzene rings is 1. The third-order valence-electron chi connectivity index (χ3n) is 2.57. The Morgan fingerprint density at radius 1 is 1.24 bits per heavy atom. The summed E-state index contributed by atoms with van der Waals surface area (Å²) in [5, 5.41) is 16.1. The zero-order chi connectivity index (χ0) is 12.1. The van der Waals surface area contributed by atoms with Gasteiger partial charge < -0.3 is 14.8 Å². The van der Waals surface area contributed by atoms with Gasteiger partial charge >= 0.3 is 0 Å². The molecule has 6 heteroatoms. The number of rotatable bonds is 0. The number of ether oxygens (including phenoxy) is 1. The maximum absolute atomic E-state index is 8.95. The van der Waals surface area contributed by atoms with Gasteiger partial charge in [0.15, 0.2) is 0 Å². The summed E-state index contributed by atoms with van der Waals surface area (Å²) in [6.45, 7) is 4.02. The summed E-state index contributed by atoms with van der Waals surface area (Å²) < 4.78 is 5.10. The van der Waals surface area contributed by atoms with Crippen molar-refractivity contribution in [2.24, 2.45) is 0 Å². The molecule has 0 aliphatic carbocycles. The lowest BCUT2D eigenvalue weighted by atomic mass is 10.3. The van der Waals surface area contributed by atoms with E-state index < -0.39 is 0 Å². The number of hydrogen-bond acceptors (Lipinski definition) is 5. The third kappa shape index (κ3) is 3.15. The molecule has 1 aromatic heterocycles. The second kappa shape index (κ2) is 5.60. The van der Waals surface area contributed by atoms with Crippen LogP contribution in [0.5, 0.6) is 0 Å². The van der Waals surface area contributed by atoms with Crippen LogP contribution in [0.2, 0.25) is 0 Å². The van der Waals surface area contributed by atoms with Gasteiger partial charge in [-0.1, -0.05) is 17.0 Å². The lowest BCUT2D eigenvalue weighted by Gasteiger charge is -2.21. The summed E-state index contributed by atoms with van der Waals surface area (Å²) >= 11 is 0. The number of morpholine rings is 1. The van der Waals surface area contributed by atoms with E-state index in [4.69, 9.17) is 9.94 Å². The van der Waals surface area contributed by atoms with Gasteiger partial charge in [0.05, 0.1) is 13.2 Å². The van der Waals surface area contributed by atoms with Crippen LogP contribution in [0, 0.1) is 0 Å². The fraction of sp³-hybridized carbons (Fsp3) is 0.455. The summed E-state index contributed by atoms with van der Waals surface area (Å²) in [6, 6.07) is 7.19. The molecule has 1 aromatic carbocycles. The van der Waals surface area contributed by atoms with Gasteiger partial charge in [-0.3, -0.25) is 0 Å². The largest absolute Gasteiger partial charge is 0.410 e. The van der Waals surface area contributed by atoms with Gasteiger partial charge in [0.25, 0.3) is 0 Å². The predicted octanol–water partition coefficient (Wildman–Crippen LogP) is 0.617. The smallest absolute Gasteiger partial charge is 0.130 e. The molecule has 0 bridgehead atoms. The molecule has 1 N–H and O–H groups in total. The molecular formula is C11H16N4O2. The second-order valence-corrected chi connectivity index (χ2v) is 3.88. The first kappa shape index (κ1) is 11.8. The first-order chi connectivity index (χ1) is 8.27. The summed E-state index contributed by atoms with van der Waals surface area (Å²) in [5.74, 6) is 0. The number of para-hydroxylation sites is 1. The molecule has 0 unspecified atom stereocenters. The quantitative estimate of drug-likeness (QED) is 0.679. The van der Waals surface area contributed by atoms with Crippen molar-refractivity contribution in [1.29, 1.82) is 0 Å². The molecule has 6 nitrogen and oxygen atoms in total. The van der Waals surface area contributed by atoms with E-state index in [1.54, 1.807) is 12.1 Å². The molecule has 2 aromatic rings. The van der Waals surface area contributed by atoms with Crippen molar-refractivity contribution in [2.75, 3.05) is 33.4 Å². The first-order valence-corrected chi connectivity index (χ1v) is 5.53. The van der Waals surface area contributed by atoms with Crippen molar-refractivity contribution in [3.8, 4) is 0 Å². The Hall–Kier alpha value is -1.66. The van der Waals surface area contributed by atoms with Gasteiger partial charge in [-0.05, 0) is 24.4 Å². The fourth-order valence-corrected chi connectivity index (χ4v) is 1.51. The summed E-state index contributed by atoms with van der Waals surface area (Å²) in [7, 11) is 2.11. The van der Waals surface area contributed by atoms with Crippen LogP contribution in [-0.4, -0.2) is 58.6 Å². The van der Waals surface area contributed by atoms with E-state index in [0.29, 0.717) is 11.0 Å². The van der Waals surface area contributed by atoms with E-state index in [1.165, 1.54) is 0 Å². The zero-order valence-corrected chi connectivity index (χ0v) is 9.78. The van der Waals surface area contributed by atoms with E-state index in [2.05, 4.69) is 22.3 Å². The molecule has 1 aliphatic heterocycles. The molecule has 1 aliphatic rings. The lowest BCUT2D eigenvalue weighted by molar-refractivity contribution is 0.0503. The van der Waals surface area contributed by atoms with Crippen molar-refractivity contribution in [2.45, 2.75) is 0 Å². The van der Waals surface area contributed by atoms with Crippen LogP contribution in [0.15, 0.2) is 24.3 Å². The standard InChI is InChI=1S/C6H5N3O.C5H11NO/c10-9-6-4-2-1-3-5(6)7-8-9;1-6-2-4-7-5-3-6/h1-4,10H;2-5H2,1H3. The molecule has 17 heavy (non-hydrogen) atoms. The molecule has 1 saturated heterocycles. The highest BCUT2D eigenvalue weighted by Gasteiger charge is 2.02. The van der Waals surface area contributed by atoms with E-state index >= 15 is 0 Å². The minimum Gasteiger partial charge on any atom is -0.410 e. The monoisotopic (exact) mass is 236 g/mol. The SMILES string of the molecule is CN1CCOCC1.On1nnc2ccccc21. The summed E-state index contributed by atoms with van der Waals surface area (Å²) in [4.78, 5) is 3.03. The Morgan fingerprint density at radius 2 is 1.94 bits per heavy atom. The molecule has 0 spiro atoms. The van der Waals surface area contributed by atoms with Gasteiger partial charge in [0, 0.05) is 13.1 Å². The van der Waals surface area contributed by atoms with Crippen LogP contribution in [-0.2, 0) is 4.74 Å². The van der Waals surface area contributed by atoms with Crippen molar-refractivity contribution >= 4 is 11.0 Å². The van der Waals surface area contributed by atoms with E-state index in [-0.39, 0.29) is 0 Å². The fourth-order valence-electron chi connectivity index (χ4n) is 1.51. The van der Waals surface area contributed by atoms with Crippen molar-refractivity contribution < 1.29 is 9.94 Å². The summed E-state index contributed by atoms with van der Waals surface area (Å²) in [5.41, 5.74) is 1.33. The van der Waals surface area contributed by atoms with Gasteiger partial charge in [0.1, 0.15) is 11.0 Å². The maximum atomic E-state index is 8.95. The summed E-state index contributed by atoms with van der Waals surface area (Å²) in [6.07, 6.45) is 0.